The van der Waals surface area contributed by atoms with E-state index in [9.17, 15) is 14.5 Å². The molecule has 20 heavy (non-hydrogen) atoms. The lowest BCUT2D eigenvalue weighted by atomic mass is 10.0. The lowest BCUT2D eigenvalue weighted by molar-refractivity contribution is -0.387. The largest absolute Gasteiger partial charge is 0.489 e. The molecule has 0 amide bonds. The van der Waals surface area contributed by atoms with Gasteiger partial charge in [-0.3, -0.25) is 10.1 Å². The zero-order chi connectivity index (χ0) is 14.7. The van der Waals surface area contributed by atoms with Crippen molar-refractivity contribution in [3.63, 3.8) is 0 Å². The van der Waals surface area contributed by atoms with E-state index < -0.39 is 16.4 Å². The Balaban J connectivity index is 2.16. The number of rotatable bonds is 4. The minimum Gasteiger partial charge on any atom is -0.489 e. The van der Waals surface area contributed by atoms with Gasteiger partial charge in [0.2, 0.25) is 5.82 Å². The Morgan fingerprint density at radius 1 is 1.20 bits per heavy atom. The third kappa shape index (κ3) is 2.93. The number of benzene rings is 2. The molecule has 0 saturated heterocycles. The molecule has 2 aromatic rings. The fourth-order valence-corrected chi connectivity index (χ4v) is 1.96. The van der Waals surface area contributed by atoms with Crippen molar-refractivity contribution < 1.29 is 14.1 Å². The summed E-state index contributed by atoms with van der Waals surface area (Å²) >= 11 is 0. The lowest BCUT2D eigenvalue weighted by Gasteiger charge is -2.11. The maximum Gasteiger partial charge on any atom is 0.305 e. The zero-order valence-corrected chi connectivity index (χ0v) is 11.2. The fourth-order valence-electron chi connectivity index (χ4n) is 1.96. The summed E-state index contributed by atoms with van der Waals surface area (Å²) in [5.41, 5.74) is 2.66. The molecule has 0 atom stereocenters. The summed E-state index contributed by atoms with van der Waals surface area (Å²) in [6.45, 7) is 4.25. The summed E-state index contributed by atoms with van der Waals surface area (Å²) in [6.07, 6.45) is 0. The van der Waals surface area contributed by atoms with Crippen LogP contribution in [-0.2, 0) is 6.61 Å². The van der Waals surface area contributed by atoms with Crippen LogP contribution in [0.25, 0.3) is 0 Å². The van der Waals surface area contributed by atoms with E-state index in [2.05, 4.69) is 0 Å². The second kappa shape index (κ2) is 5.69. The number of nitrogens with zero attached hydrogens (tertiary/aromatic N) is 1. The molecule has 0 bridgehead atoms. The van der Waals surface area contributed by atoms with E-state index in [1.165, 1.54) is 6.07 Å². The number of nitro benzene ring substituents is 1. The molecule has 0 saturated carbocycles. The van der Waals surface area contributed by atoms with Crippen LogP contribution >= 0.6 is 0 Å². The van der Waals surface area contributed by atoms with Crippen LogP contribution in [0.3, 0.4) is 0 Å². The normalized spacial score (nSPS) is 10.3. The van der Waals surface area contributed by atoms with Crippen LogP contribution in [0.5, 0.6) is 5.75 Å². The van der Waals surface area contributed by atoms with E-state index >= 15 is 0 Å². The Morgan fingerprint density at radius 2 is 1.85 bits per heavy atom. The second-order valence-electron chi connectivity index (χ2n) is 4.53. The van der Waals surface area contributed by atoms with Crippen LogP contribution in [0.4, 0.5) is 10.1 Å². The van der Waals surface area contributed by atoms with Crippen molar-refractivity contribution in [3.8, 4) is 5.75 Å². The van der Waals surface area contributed by atoms with Crippen molar-refractivity contribution in [2.24, 2.45) is 0 Å². The van der Waals surface area contributed by atoms with Gasteiger partial charge in [0, 0.05) is 12.1 Å². The third-order valence-corrected chi connectivity index (χ3v) is 3.14. The Hall–Kier alpha value is -2.43. The van der Waals surface area contributed by atoms with Gasteiger partial charge in [-0.05, 0) is 36.6 Å². The average Bonchev–Trinajstić information content (AvgIpc) is 2.37. The topological polar surface area (TPSA) is 52.4 Å². The molecule has 0 fully saturated rings. The molecular weight excluding hydrogens is 261 g/mol. The summed E-state index contributed by atoms with van der Waals surface area (Å²) in [6, 6.07) is 9.44. The molecular formula is C15H14FNO3. The summed E-state index contributed by atoms with van der Waals surface area (Å²) in [5.74, 6) is -0.621. The number of hydrogen-bond donors (Lipinski definition) is 0. The smallest absolute Gasteiger partial charge is 0.305 e. The van der Waals surface area contributed by atoms with Crippen molar-refractivity contribution in [2.75, 3.05) is 0 Å². The number of ether oxygens (including phenoxy) is 1. The highest BCUT2D eigenvalue weighted by Crippen LogP contribution is 2.24. The molecule has 0 aliphatic carbocycles. The first-order chi connectivity index (χ1) is 9.49. The highest BCUT2D eigenvalue weighted by molar-refractivity contribution is 5.38. The van der Waals surface area contributed by atoms with Crippen molar-refractivity contribution in [1.82, 2.24) is 0 Å². The SMILES string of the molecule is Cc1cccc(C)c1COc1ccc([N+](=O)[O-])c(F)c1. The number of aryl methyl sites for hydroxylation is 2. The van der Waals surface area contributed by atoms with Gasteiger partial charge in [0.25, 0.3) is 0 Å². The van der Waals surface area contributed by atoms with Gasteiger partial charge in [-0.25, -0.2) is 0 Å². The minimum absolute atomic E-state index is 0.274. The summed E-state index contributed by atoms with van der Waals surface area (Å²) in [5, 5.41) is 10.5. The monoisotopic (exact) mass is 275 g/mol. The molecule has 0 aromatic heterocycles. The molecule has 104 valence electrons. The predicted molar refractivity (Wildman–Crippen MR) is 73.3 cm³/mol. The number of hydrogen-bond acceptors (Lipinski definition) is 3. The molecule has 0 heterocycles. The van der Waals surface area contributed by atoms with Gasteiger partial charge in [-0.15, -0.1) is 0 Å². The van der Waals surface area contributed by atoms with Crippen LogP contribution in [-0.4, -0.2) is 4.92 Å². The first kappa shape index (κ1) is 14.0. The van der Waals surface area contributed by atoms with Crippen LogP contribution in [0.1, 0.15) is 16.7 Å². The molecule has 0 aliphatic heterocycles. The zero-order valence-electron chi connectivity index (χ0n) is 11.2. The number of nitro groups is 1. The van der Waals surface area contributed by atoms with Crippen LogP contribution in [0.2, 0.25) is 0 Å². The van der Waals surface area contributed by atoms with Crippen molar-refractivity contribution in [3.05, 3.63) is 69.0 Å². The highest BCUT2D eigenvalue weighted by Gasteiger charge is 2.14. The highest BCUT2D eigenvalue weighted by atomic mass is 19.1. The van der Waals surface area contributed by atoms with Gasteiger partial charge in [-0.2, -0.15) is 4.39 Å². The standard InChI is InChI=1S/C15H14FNO3/c1-10-4-3-5-11(2)13(10)9-20-12-6-7-15(17(18)19)14(16)8-12/h3-8H,9H2,1-2H3. The molecule has 2 rings (SSSR count). The van der Waals surface area contributed by atoms with Gasteiger partial charge in [0.05, 0.1) is 4.92 Å². The van der Waals surface area contributed by atoms with E-state index in [0.717, 1.165) is 28.8 Å². The van der Waals surface area contributed by atoms with E-state index in [0.29, 0.717) is 6.61 Å². The molecule has 5 heteroatoms. The molecule has 0 N–H and O–H groups in total. The van der Waals surface area contributed by atoms with Crippen LogP contribution in [0, 0.1) is 29.8 Å². The Labute approximate surface area is 116 Å². The fraction of sp³-hybridized carbons (Fsp3) is 0.200. The summed E-state index contributed by atoms with van der Waals surface area (Å²) in [7, 11) is 0. The first-order valence-electron chi connectivity index (χ1n) is 6.11. The van der Waals surface area contributed by atoms with Gasteiger partial charge in [0.1, 0.15) is 12.4 Å². The Morgan fingerprint density at radius 3 is 2.40 bits per heavy atom. The molecule has 2 aromatic carbocycles. The van der Waals surface area contributed by atoms with Crippen LogP contribution in [0.15, 0.2) is 36.4 Å². The predicted octanol–water partition coefficient (Wildman–Crippen LogP) is 3.93. The average molecular weight is 275 g/mol. The van der Waals surface area contributed by atoms with Gasteiger partial charge >= 0.3 is 5.69 Å². The Kier molecular flexibility index (Phi) is 3.98. The Bertz CT molecular complexity index is 635. The van der Waals surface area contributed by atoms with Crippen LogP contribution < -0.4 is 4.74 Å². The van der Waals surface area contributed by atoms with Gasteiger partial charge < -0.3 is 4.74 Å². The van der Waals surface area contributed by atoms with Gasteiger partial charge in [0.15, 0.2) is 0 Å². The first-order valence-corrected chi connectivity index (χ1v) is 6.11. The second-order valence-corrected chi connectivity index (χ2v) is 4.53. The molecule has 0 unspecified atom stereocenters. The molecule has 4 nitrogen and oxygen atoms in total. The molecule has 0 aliphatic rings. The van der Waals surface area contributed by atoms with Gasteiger partial charge in [-0.1, -0.05) is 18.2 Å². The van der Waals surface area contributed by atoms with E-state index in [1.54, 1.807) is 0 Å². The molecule has 0 spiro atoms. The quantitative estimate of drug-likeness (QED) is 0.627. The maximum atomic E-state index is 13.5. The lowest BCUT2D eigenvalue weighted by Crippen LogP contribution is -2.01. The van der Waals surface area contributed by atoms with Crippen molar-refractivity contribution in [1.29, 1.82) is 0 Å². The minimum atomic E-state index is -0.894. The maximum absolute atomic E-state index is 13.5. The third-order valence-electron chi connectivity index (χ3n) is 3.14. The summed E-state index contributed by atoms with van der Waals surface area (Å²) in [4.78, 5) is 9.77. The molecule has 0 radical (unpaired) electrons. The van der Waals surface area contributed by atoms with Crippen molar-refractivity contribution in [2.45, 2.75) is 20.5 Å². The van der Waals surface area contributed by atoms with E-state index in [1.807, 2.05) is 32.0 Å². The number of halogens is 1. The van der Waals surface area contributed by atoms with E-state index in [4.69, 9.17) is 4.74 Å². The summed E-state index contributed by atoms with van der Waals surface area (Å²) < 4.78 is 19.0. The van der Waals surface area contributed by atoms with Crippen molar-refractivity contribution >= 4 is 5.69 Å². The van der Waals surface area contributed by atoms with E-state index in [-0.39, 0.29) is 5.75 Å².